The normalized spacial score (nSPS) is 10.1. The highest BCUT2D eigenvalue weighted by atomic mass is 16.5. The monoisotopic (exact) mass is 287 g/mol. The summed E-state index contributed by atoms with van der Waals surface area (Å²) in [5, 5.41) is 2.82. The quantitative estimate of drug-likeness (QED) is 0.780. The Labute approximate surface area is 123 Å². The largest absolute Gasteiger partial charge is 0.475 e. The average molecular weight is 287 g/mol. The van der Waals surface area contributed by atoms with Gasteiger partial charge in [-0.3, -0.25) is 9.78 Å². The van der Waals surface area contributed by atoms with E-state index in [4.69, 9.17) is 9.47 Å². The molecule has 0 aliphatic heterocycles. The summed E-state index contributed by atoms with van der Waals surface area (Å²) in [6, 6.07) is 6.98. The van der Waals surface area contributed by atoms with Gasteiger partial charge in [-0.2, -0.15) is 0 Å². The summed E-state index contributed by atoms with van der Waals surface area (Å²) in [4.78, 5) is 20.1. The molecule has 0 unspecified atom stereocenters. The van der Waals surface area contributed by atoms with Crippen LogP contribution in [0.3, 0.4) is 0 Å². The van der Waals surface area contributed by atoms with Gasteiger partial charge in [-0.15, -0.1) is 0 Å². The summed E-state index contributed by atoms with van der Waals surface area (Å²) in [5.74, 6) is 0.221. The van der Waals surface area contributed by atoms with Gasteiger partial charge in [-0.1, -0.05) is 6.07 Å². The van der Waals surface area contributed by atoms with Crippen LogP contribution in [-0.4, -0.2) is 36.2 Å². The number of amides is 1. The van der Waals surface area contributed by atoms with E-state index in [1.807, 2.05) is 12.1 Å². The van der Waals surface area contributed by atoms with Gasteiger partial charge in [0.25, 0.3) is 5.91 Å². The standard InChI is InChI=1S/C15H17N3O3/c1-20-7-8-21-14-9-13(4-6-17-14)15(19)18-11-12-3-2-5-16-10-12/h2-6,9-10H,7-8,11H2,1H3,(H,18,19). The Balaban J connectivity index is 1.91. The van der Waals surface area contributed by atoms with E-state index in [1.54, 1.807) is 37.8 Å². The van der Waals surface area contributed by atoms with E-state index < -0.39 is 0 Å². The molecule has 0 bridgehead atoms. The SMILES string of the molecule is COCCOc1cc(C(=O)NCc2cccnc2)ccn1. The summed E-state index contributed by atoms with van der Waals surface area (Å²) < 4.78 is 10.3. The lowest BCUT2D eigenvalue weighted by molar-refractivity contribution is 0.0950. The third-order valence-corrected chi connectivity index (χ3v) is 2.71. The maximum Gasteiger partial charge on any atom is 0.251 e. The van der Waals surface area contributed by atoms with Crippen molar-refractivity contribution in [2.24, 2.45) is 0 Å². The van der Waals surface area contributed by atoms with E-state index in [0.717, 1.165) is 5.56 Å². The minimum atomic E-state index is -0.183. The maximum absolute atomic E-state index is 12.1. The van der Waals surface area contributed by atoms with Crippen LogP contribution in [0.15, 0.2) is 42.9 Å². The van der Waals surface area contributed by atoms with Crippen LogP contribution in [0.1, 0.15) is 15.9 Å². The summed E-state index contributed by atoms with van der Waals surface area (Å²) in [6.45, 7) is 1.29. The second-order valence-corrected chi connectivity index (χ2v) is 4.27. The third-order valence-electron chi connectivity index (χ3n) is 2.71. The van der Waals surface area contributed by atoms with Crippen molar-refractivity contribution < 1.29 is 14.3 Å². The highest BCUT2D eigenvalue weighted by Gasteiger charge is 2.07. The lowest BCUT2D eigenvalue weighted by atomic mass is 10.2. The highest BCUT2D eigenvalue weighted by Crippen LogP contribution is 2.09. The molecule has 1 amide bonds. The zero-order chi connectivity index (χ0) is 14.9. The molecule has 0 fully saturated rings. The van der Waals surface area contributed by atoms with Crippen LogP contribution in [0, 0.1) is 0 Å². The molecule has 6 nitrogen and oxygen atoms in total. The fourth-order valence-electron chi connectivity index (χ4n) is 1.65. The molecule has 2 aromatic rings. The van der Waals surface area contributed by atoms with Gasteiger partial charge in [0.15, 0.2) is 0 Å². The Morgan fingerprint density at radius 3 is 2.95 bits per heavy atom. The molecular formula is C15H17N3O3. The van der Waals surface area contributed by atoms with Gasteiger partial charge in [-0.05, 0) is 17.7 Å². The van der Waals surface area contributed by atoms with E-state index in [0.29, 0.717) is 31.2 Å². The summed E-state index contributed by atoms with van der Waals surface area (Å²) >= 11 is 0. The summed E-state index contributed by atoms with van der Waals surface area (Å²) in [6.07, 6.45) is 4.95. The molecule has 1 N–H and O–H groups in total. The molecule has 0 saturated carbocycles. The second kappa shape index (κ2) is 7.96. The number of methoxy groups -OCH3 is 1. The van der Waals surface area contributed by atoms with Crippen LogP contribution in [0.2, 0.25) is 0 Å². The average Bonchev–Trinajstić information content (AvgIpc) is 2.54. The predicted octanol–water partition coefficient (Wildman–Crippen LogP) is 1.43. The lowest BCUT2D eigenvalue weighted by Gasteiger charge is -2.07. The maximum atomic E-state index is 12.1. The molecule has 0 saturated heterocycles. The van der Waals surface area contributed by atoms with Crippen LogP contribution in [0.5, 0.6) is 5.88 Å². The zero-order valence-electron chi connectivity index (χ0n) is 11.8. The lowest BCUT2D eigenvalue weighted by Crippen LogP contribution is -2.23. The van der Waals surface area contributed by atoms with E-state index in [-0.39, 0.29) is 5.91 Å². The molecule has 0 radical (unpaired) electrons. The minimum Gasteiger partial charge on any atom is -0.475 e. The molecule has 2 aromatic heterocycles. The van der Waals surface area contributed by atoms with Crippen molar-refractivity contribution in [3.63, 3.8) is 0 Å². The number of rotatable bonds is 7. The molecule has 0 aliphatic rings. The zero-order valence-corrected chi connectivity index (χ0v) is 11.8. The van der Waals surface area contributed by atoms with Gasteiger partial charge < -0.3 is 14.8 Å². The first-order chi connectivity index (χ1) is 10.3. The highest BCUT2D eigenvalue weighted by molar-refractivity contribution is 5.94. The van der Waals surface area contributed by atoms with Crippen LogP contribution in [0.25, 0.3) is 0 Å². The van der Waals surface area contributed by atoms with Gasteiger partial charge in [-0.25, -0.2) is 4.98 Å². The molecule has 0 spiro atoms. The number of hydrogen-bond acceptors (Lipinski definition) is 5. The van der Waals surface area contributed by atoms with E-state index in [9.17, 15) is 4.79 Å². The second-order valence-electron chi connectivity index (χ2n) is 4.27. The fraction of sp³-hybridized carbons (Fsp3) is 0.267. The Morgan fingerprint density at radius 1 is 1.29 bits per heavy atom. The molecule has 0 aliphatic carbocycles. The predicted molar refractivity (Wildman–Crippen MR) is 77.0 cm³/mol. The molecule has 6 heteroatoms. The first-order valence-electron chi connectivity index (χ1n) is 6.54. The van der Waals surface area contributed by atoms with Crippen molar-refractivity contribution in [3.8, 4) is 5.88 Å². The van der Waals surface area contributed by atoms with Crippen molar-refractivity contribution in [2.75, 3.05) is 20.3 Å². The van der Waals surface area contributed by atoms with Crippen molar-refractivity contribution in [1.82, 2.24) is 15.3 Å². The Kier molecular flexibility index (Phi) is 5.66. The molecule has 0 aromatic carbocycles. The minimum absolute atomic E-state index is 0.183. The van der Waals surface area contributed by atoms with E-state index >= 15 is 0 Å². The number of pyridine rings is 2. The van der Waals surface area contributed by atoms with Crippen LogP contribution in [-0.2, 0) is 11.3 Å². The van der Waals surface area contributed by atoms with Crippen LogP contribution >= 0.6 is 0 Å². The number of hydrogen-bond donors (Lipinski definition) is 1. The first-order valence-corrected chi connectivity index (χ1v) is 6.54. The van der Waals surface area contributed by atoms with Gasteiger partial charge in [0.05, 0.1) is 6.61 Å². The number of ether oxygens (including phenoxy) is 2. The Bertz CT molecular complexity index is 575. The number of carbonyl (C=O) groups excluding carboxylic acids is 1. The van der Waals surface area contributed by atoms with Gasteiger partial charge >= 0.3 is 0 Å². The van der Waals surface area contributed by atoms with Crippen LogP contribution < -0.4 is 10.1 Å². The number of aromatic nitrogens is 2. The molecular weight excluding hydrogens is 270 g/mol. The number of carbonyl (C=O) groups is 1. The Hall–Kier alpha value is -2.47. The van der Waals surface area contributed by atoms with E-state index in [2.05, 4.69) is 15.3 Å². The topological polar surface area (TPSA) is 73.3 Å². The van der Waals surface area contributed by atoms with Gasteiger partial charge in [0.1, 0.15) is 6.61 Å². The smallest absolute Gasteiger partial charge is 0.251 e. The molecule has 110 valence electrons. The van der Waals surface area contributed by atoms with Crippen molar-refractivity contribution in [1.29, 1.82) is 0 Å². The molecule has 0 atom stereocenters. The summed E-state index contributed by atoms with van der Waals surface area (Å²) in [5.41, 5.74) is 1.44. The van der Waals surface area contributed by atoms with Crippen molar-refractivity contribution in [2.45, 2.75) is 6.54 Å². The number of nitrogens with one attached hydrogen (secondary N) is 1. The van der Waals surface area contributed by atoms with Gasteiger partial charge in [0, 0.05) is 43.9 Å². The first kappa shape index (κ1) is 14.9. The van der Waals surface area contributed by atoms with E-state index in [1.165, 1.54) is 0 Å². The van der Waals surface area contributed by atoms with Crippen molar-refractivity contribution >= 4 is 5.91 Å². The fourth-order valence-corrected chi connectivity index (χ4v) is 1.65. The number of nitrogens with zero attached hydrogens (tertiary/aromatic N) is 2. The third kappa shape index (κ3) is 4.85. The Morgan fingerprint density at radius 2 is 2.19 bits per heavy atom. The molecule has 2 heterocycles. The molecule has 21 heavy (non-hydrogen) atoms. The summed E-state index contributed by atoms with van der Waals surface area (Å²) in [7, 11) is 1.60. The van der Waals surface area contributed by atoms with Crippen LogP contribution in [0.4, 0.5) is 0 Å². The van der Waals surface area contributed by atoms with Crippen molar-refractivity contribution in [3.05, 3.63) is 54.0 Å². The molecule has 2 rings (SSSR count). The van der Waals surface area contributed by atoms with Gasteiger partial charge in [0.2, 0.25) is 5.88 Å².